The van der Waals surface area contributed by atoms with Crippen molar-refractivity contribution >= 4 is 11.7 Å². The molecule has 0 aliphatic carbocycles. The van der Waals surface area contributed by atoms with Gasteiger partial charge in [0.05, 0.1) is 18.2 Å². The van der Waals surface area contributed by atoms with Crippen LogP contribution in [-0.4, -0.2) is 23.9 Å². The van der Waals surface area contributed by atoms with Gasteiger partial charge in [-0.3, -0.25) is 0 Å². The highest BCUT2D eigenvalue weighted by molar-refractivity contribution is 5.97. The van der Waals surface area contributed by atoms with E-state index in [1.165, 1.54) is 0 Å². The Morgan fingerprint density at radius 3 is 2.39 bits per heavy atom. The summed E-state index contributed by atoms with van der Waals surface area (Å²) in [4.78, 5) is 17.8. The molecule has 0 saturated heterocycles. The summed E-state index contributed by atoms with van der Waals surface area (Å²) in [5.41, 5.74) is 0.0453. The maximum Gasteiger partial charge on any atom is 0.354 e. The lowest BCUT2D eigenvalue weighted by atomic mass is 9.73. The molecule has 0 bridgehead atoms. The van der Waals surface area contributed by atoms with Crippen LogP contribution in [0.2, 0.25) is 0 Å². The number of carbonyl (C=O) groups is 1. The average molecular weight is 255 g/mol. The van der Waals surface area contributed by atoms with E-state index in [0.717, 1.165) is 5.71 Å². The number of oxime groups is 1. The number of hydrogen-bond donors (Lipinski definition) is 0. The minimum absolute atomic E-state index is 0.00144. The second kappa shape index (κ2) is 5.72. The van der Waals surface area contributed by atoms with E-state index in [-0.39, 0.29) is 23.7 Å². The molecule has 2 atom stereocenters. The van der Waals surface area contributed by atoms with Gasteiger partial charge in [-0.1, -0.05) is 39.8 Å². The Labute approximate surface area is 110 Å². The minimum Gasteiger partial charge on any atom is -0.463 e. The average Bonchev–Trinajstić information content (AvgIpc) is 2.69. The van der Waals surface area contributed by atoms with Crippen molar-refractivity contribution in [2.45, 2.75) is 53.6 Å². The second-order valence-corrected chi connectivity index (χ2v) is 5.45. The summed E-state index contributed by atoms with van der Waals surface area (Å²) in [6.07, 6.45) is 0.578. The highest BCUT2D eigenvalue weighted by atomic mass is 16.7. The maximum absolute atomic E-state index is 12.3. The molecule has 0 spiro atoms. The van der Waals surface area contributed by atoms with Gasteiger partial charge in [-0.15, -0.1) is 0 Å². The molecule has 0 saturated carbocycles. The van der Waals surface area contributed by atoms with Crippen LogP contribution in [0.25, 0.3) is 0 Å². The minimum atomic E-state index is -0.927. The quantitative estimate of drug-likeness (QED) is 0.709. The Balaban J connectivity index is 3.10. The molecule has 0 radical (unpaired) electrons. The largest absolute Gasteiger partial charge is 0.463 e. The van der Waals surface area contributed by atoms with E-state index in [9.17, 15) is 4.79 Å². The first kappa shape index (κ1) is 15.0. The monoisotopic (exact) mass is 255 g/mol. The number of rotatable bonds is 5. The molecule has 2 unspecified atom stereocenters. The molecule has 0 amide bonds. The van der Waals surface area contributed by atoms with E-state index in [0.29, 0.717) is 13.0 Å². The van der Waals surface area contributed by atoms with Crippen molar-refractivity contribution < 1.29 is 14.4 Å². The fraction of sp³-hybridized carbons (Fsp3) is 0.857. The molecule has 1 aliphatic heterocycles. The van der Waals surface area contributed by atoms with E-state index >= 15 is 0 Å². The Morgan fingerprint density at radius 2 is 2.00 bits per heavy atom. The van der Waals surface area contributed by atoms with Gasteiger partial charge in [-0.25, -0.2) is 4.79 Å². The van der Waals surface area contributed by atoms with Crippen LogP contribution < -0.4 is 0 Å². The summed E-state index contributed by atoms with van der Waals surface area (Å²) in [5, 5.41) is 4.18. The van der Waals surface area contributed by atoms with Crippen LogP contribution in [-0.2, 0) is 14.4 Å². The van der Waals surface area contributed by atoms with Crippen molar-refractivity contribution in [1.82, 2.24) is 0 Å². The molecule has 1 aliphatic rings. The number of carbonyl (C=O) groups excluding carboxylic acids is 1. The third-order valence-corrected chi connectivity index (χ3v) is 3.54. The summed E-state index contributed by atoms with van der Waals surface area (Å²) >= 11 is 0. The van der Waals surface area contributed by atoms with Crippen molar-refractivity contribution in [2.24, 2.45) is 22.9 Å². The first-order valence-electron chi connectivity index (χ1n) is 6.83. The maximum atomic E-state index is 12.3. The van der Waals surface area contributed by atoms with Gasteiger partial charge in [-0.2, -0.15) is 0 Å². The van der Waals surface area contributed by atoms with Crippen molar-refractivity contribution in [1.29, 1.82) is 0 Å². The topological polar surface area (TPSA) is 47.9 Å². The third-order valence-electron chi connectivity index (χ3n) is 3.54. The molecule has 0 aromatic heterocycles. The fourth-order valence-corrected chi connectivity index (χ4v) is 2.68. The third kappa shape index (κ3) is 2.38. The van der Waals surface area contributed by atoms with Gasteiger partial charge in [0.1, 0.15) is 0 Å². The van der Waals surface area contributed by atoms with Gasteiger partial charge in [0.25, 0.3) is 0 Å². The van der Waals surface area contributed by atoms with Crippen LogP contribution in [0.1, 0.15) is 48.0 Å². The standard InChI is InChI=1S/C14H25NO3/c1-7-14(13(16)17-8-2)11(9(3)4)12(10(5)6)15-18-14/h9-11H,7-8H2,1-6H3. The molecular formula is C14H25NO3. The molecule has 4 heteroatoms. The lowest BCUT2D eigenvalue weighted by Gasteiger charge is -2.32. The summed E-state index contributed by atoms with van der Waals surface area (Å²) in [5.74, 6) is 0.283. The van der Waals surface area contributed by atoms with Crippen LogP contribution in [0.4, 0.5) is 0 Å². The molecule has 104 valence electrons. The first-order valence-corrected chi connectivity index (χ1v) is 6.83. The Hall–Kier alpha value is -1.06. The molecule has 4 nitrogen and oxygen atoms in total. The predicted molar refractivity (Wildman–Crippen MR) is 71.3 cm³/mol. The van der Waals surface area contributed by atoms with Gasteiger partial charge in [0.15, 0.2) is 0 Å². The number of esters is 1. The Bertz CT molecular complexity index is 336. The molecule has 1 heterocycles. The SMILES string of the molecule is CCOC(=O)C1(CC)ON=C(C(C)C)C1C(C)C. The van der Waals surface area contributed by atoms with Crippen molar-refractivity contribution in [3.05, 3.63) is 0 Å². The first-order chi connectivity index (χ1) is 8.40. The normalized spacial score (nSPS) is 27.3. The number of hydrogen-bond acceptors (Lipinski definition) is 4. The Morgan fingerprint density at radius 1 is 1.39 bits per heavy atom. The number of ether oxygens (including phenoxy) is 1. The lowest BCUT2D eigenvalue weighted by Crippen LogP contribution is -2.50. The van der Waals surface area contributed by atoms with Crippen LogP contribution in [0.3, 0.4) is 0 Å². The zero-order valence-corrected chi connectivity index (χ0v) is 12.3. The molecular weight excluding hydrogens is 230 g/mol. The summed E-state index contributed by atoms with van der Waals surface area (Å²) in [7, 11) is 0. The van der Waals surface area contributed by atoms with Gasteiger partial charge >= 0.3 is 5.97 Å². The van der Waals surface area contributed by atoms with E-state index in [2.05, 4.69) is 32.9 Å². The predicted octanol–water partition coefficient (Wildman–Crippen LogP) is 3.01. The molecule has 1 rings (SSSR count). The molecule has 0 aromatic rings. The molecule has 0 aromatic carbocycles. The molecule has 0 N–H and O–H groups in total. The van der Waals surface area contributed by atoms with Crippen molar-refractivity contribution in [2.75, 3.05) is 6.61 Å². The van der Waals surface area contributed by atoms with Gasteiger partial charge in [0.2, 0.25) is 5.60 Å². The van der Waals surface area contributed by atoms with Crippen LogP contribution in [0.15, 0.2) is 5.16 Å². The van der Waals surface area contributed by atoms with Gasteiger partial charge in [-0.05, 0) is 25.2 Å². The van der Waals surface area contributed by atoms with Crippen LogP contribution in [0, 0.1) is 17.8 Å². The van der Waals surface area contributed by atoms with Crippen LogP contribution in [0.5, 0.6) is 0 Å². The van der Waals surface area contributed by atoms with E-state index < -0.39 is 5.60 Å². The zero-order valence-electron chi connectivity index (χ0n) is 12.3. The molecule has 0 fully saturated rings. The Kier molecular flexibility index (Phi) is 4.77. The van der Waals surface area contributed by atoms with Crippen molar-refractivity contribution in [3.63, 3.8) is 0 Å². The second-order valence-electron chi connectivity index (χ2n) is 5.45. The van der Waals surface area contributed by atoms with Crippen LogP contribution >= 0.6 is 0 Å². The lowest BCUT2D eigenvalue weighted by molar-refractivity contribution is -0.175. The summed E-state index contributed by atoms with van der Waals surface area (Å²) in [6, 6.07) is 0. The highest BCUT2D eigenvalue weighted by Crippen LogP contribution is 2.41. The van der Waals surface area contributed by atoms with E-state index in [1.54, 1.807) is 0 Å². The van der Waals surface area contributed by atoms with Gasteiger partial charge in [0, 0.05) is 0 Å². The zero-order chi connectivity index (χ0) is 13.9. The number of nitrogens with zero attached hydrogens (tertiary/aromatic N) is 1. The summed E-state index contributed by atoms with van der Waals surface area (Å²) < 4.78 is 5.19. The smallest absolute Gasteiger partial charge is 0.354 e. The fourth-order valence-electron chi connectivity index (χ4n) is 2.68. The molecule has 18 heavy (non-hydrogen) atoms. The van der Waals surface area contributed by atoms with Gasteiger partial charge < -0.3 is 9.57 Å². The van der Waals surface area contributed by atoms with E-state index in [4.69, 9.17) is 9.57 Å². The highest BCUT2D eigenvalue weighted by Gasteiger charge is 2.56. The van der Waals surface area contributed by atoms with Crippen molar-refractivity contribution in [3.8, 4) is 0 Å². The van der Waals surface area contributed by atoms with E-state index in [1.807, 2.05) is 13.8 Å². The summed E-state index contributed by atoms with van der Waals surface area (Å²) in [6.45, 7) is 12.5.